The molecule has 4 nitrogen and oxygen atoms in total. The van der Waals surface area contributed by atoms with Gasteiger partial charge in [0, 0.05) is 24.4 Å². The molecule has 0 aromatic heterocycles. The Morgan fingerprint density at radius 3 is 2.71 bits per heavy atom. The van der Waals surface area contributed by atoms with E-state index in [9.17, 15) is 4.79 Å². The van der Waals surface area contributed by atoms with E-state index in [1.165, 1.54) is 11.5 Å². The van der Waals surface area contributed by atoms with Crippen LogP contribution in [0.1, 0.15) is 26.7 Å². The molecule has 0 aliphatic heterocycles. The Hall–Kier alpha value is -0.260. The van der Waals surface area contributed by atoms with Gasteiger partial charge in [0.05, 0.1) is 6.54 Å². The van der Waals surface area contributed by atoms with Gasteiger partial charge in [0.15, 0.2) is 0 Å². The highest BCUT2D eigenvalue weighted by atomic mass is 32.2. The Bertz CT molecular complexity index is 233. The average molecular weight is 260 g/mol. The van der Waals surface area contributed by atoms with Crippen LogP contribution in [0.2, 0.25) is 0 Å². The Kier molecular flexibility index (Phi) is 6.92. The molecule has 0 radical (unpaired) electrons. The van der Waals surface area contributed by atoms with Crippen LogP contribution >= 0.6 is 11.8 Å². The van der Waals surface area contributed by atoms with Gasteiger partial charge in [0.25, 0.3) is 0 Å². The number of carboxylic acid groups (broad SMARTS) is 1. The molecule has 0 aromatic carbocycles. The highest BCUT2D eigenvalue weighted by Crippen LogP contribution is 2.25. The summed E-state index contributed by atoms with van der Waals surface area (Å²) in [6.45, 7) is 6.28. The van der Waals surface area contributed by atoms with E-state index < -0.39 is 5.97 Å². The summed E-state index contributed by atoms with van der Waals surface area (Å²) in [4.78, 5) is 12.7. The molecule has 2 N–H and O–H groups in total. The van der Waals surface area contributed by atoms with Crippen LogP contribution < -0.4 is 5.32 Å². The SMILES string of the molecule is CCSCCNC1CC(N(CC)CC(=O)O)C1. The van der Waals surface area contributed by atoms with E-state index in [2.05, 4.69) is 17.1 Å². The number of likely N-dealkylation sites (N-methyl/N-ethyl adjacent to an activating group) is 1. The highest BCUT2D eigenvalue weighted by Gasteiger charge is 2.33. The molecule has 1 aliphatic rings. The molecule has 0 saturated heterocycles. The number of hydrogen-bond donors (Lipinski definition) is 2. The summed E-state index contributed by atoms with van der Waals surface area (Å²) in [5.41, 5.74) is 0. The van der Waals surface area contributed by atoms with Crippen molar-refractivity contribution in [2.24, 2.45) is 0 Å². The second kappa shape index (κ2) is 7.95. The summed E-state index contributed by atoms with van der Waals surface area (Å²) < 4.78 is 0. The zero-order valence-corrected chi connectivity index (χ0v) is 11.6. The summed E-state index contributed by atoms with van der Waals surface area (Å²) in [6.07, 6.45) is 2.19. The molecule has 0 heterocycles. The van der Waals surface area contributed by atoms with Crippen LogP contribution in [-0.2, 0) is 4.79 Å². The van der Waals surface area contributed by atoms with Gasteiger partial charge in [-0.3, -0.25) is 9.69 Å². The van der Waals surface area contributed by atoms with Crippen molar-refractivity contribution in [2.75, 3.05) is 31.1 Å². The second-order valence-corrected chi connectivity index (χ2v) is 5.82. The van der Waals surface area contributed by atoms with Crippen molar-refractivity contribution in [2.45, 2.75) is 38.8 Å². The van der Waals surface area contributed by atoms with Crippen molar-refractivity contribution in [3.05, 3.63) is 0 Å². The molecule has 0 atom stereocenters. The number of carbonyl (C=O) groups is 1. The molecular weight excluding hydrogens is 236 g/mol. The molecule has 0 amide bonds. The van der Waals surface area contributed by atoms with Gasteiger partial charge in [-0.1, -0.05) is 13.8 Å². The molecule has 1 saturated carbocycles. The maximum atomic E-state index is 10.7. The lowest BCUT2D eigenvalue weighted by Gasteiger charge is -2.42. The van der Waals surface area contributed by atoms with Gasteiger partial charge in [0.1, 0.15) is 0 Å². The van der Waals surface area contributed by atoms with Crippen LogP contribution in [0.3, 0.4) is 0 Å². The van der Waals surface area contributed by atoms with Crippen molar-refractivity contribution < 1.29 is 9.90 Å². The first-order chi connectivity index (χ1) is 8.17. The molecule has 1 rings (SSSR count). The maximum absolute atomic E-state index is 10.7. The topological polar surface area (TPSA) is 52.6 Å². The number of rotatable bonds is 9. The van der Waals surface area contributed by atoms with Crippen molar-refractivity contribution in [1.82, 2.24) is 10.2 Å². The lowest BCUT2D eigenvalue weighted by atomic mass is 9.85. The van der Waals surface area contributed by atoms with Gasteiger partial charge in [0.2, 0.25) is 0 Å². The van der Waals surface area contributed by atoms with E-state index in [1.807, 2.05) is 18.7 Å². The van der Waals surface area contributed by atoms with Crippen molar-refractivity contribution in [1.29, 1.82) is 0 Å². The summed E-state index contributed by atoms with van der Waals surface area (Å²) >= 11 is 1.95. The first-order valence-corrected chi connectivity index (χ1v) is 7.59. The molecule has 0 aromatic rings. The smallest absolute Gasteiger partial charge is 0.317 e. The number of nitrogens with one attached hydrogen (secondary N) is 1. The lowest BCUT2D eigenvalue weighted by Crippen LogP contribution is -2.53. The minimum Gasteiger partial charge on any atom is -0.480 e. The summed E-state index contributed by atoms with van der Waals surface area (Å²) in [6, 6.07) is 1.06. The van der Waals surface area contributed by atoms with E-state index in [4.69, 9.17) is 5.11 Å². The van der Waals surface area contributed by atoms with Crippen LogP contribution in [0.25, 0.3) is 0 Å². The average Bonchev–Trinajstić information content (AvgIpc) is 2.23. The molecule has 1 fully saturated rings. The molecule has 0 spiro atoms. The van der Waals surface area contributed by atoms with Crippen LogP contribution in [0.4, 0.5) is 0 Å². The summed E-state index contributed by atoms with van der Waals surface area (Å²) in [5, 5.41) is 12.3. The normalized spacial score (nSPS) is 23.7. The number of hydrogen-bond acceptors (Lipinski definition) is 4. The van der Waals surface area contributed by atoms with E-state index >= 15 is 0 Å². The fourth-order valence-corrected chi connectivity index (χ4v) is 2.76. The number of aliphatic carboxylic acids is 1. The third kappa shape index (κ3) is 5.27. The molecule has 0 unspecified atom stereocenters. The summed E-state index contributed by atoms with van der Waals surface area (Å²) in [5.74, 6) is 1.63. The first kappa shape index (κ1) is 14.8. The van der Waals surface area contributed by atoms with Crippen LogP contribution in [0.5, 0.6) is 0 Å². The van der Waals surface area contributed by atoms with Crippen LogP contribution in [0, 0.1) is 0 Å². The predicted molar refractivity (Wildman–Crippen MR) is 72.7 cm³/mol. The maximum Gasteiger partial charge on any atom is 0.317 e. The highest BCUT2D eigenvalue weighted by molar-refractivity contribution is 7.99. The molecule has 0 bridgehead atoms. The molecule has 1 aliphatic carbocycles. The van der Waals surface area contributed by atoms with E-state index in [0.29, 0.717) is 12.1 Å². The second-order valence-electron chi connectivity index (χ2n) is 4.43. The summed E-state index contributed by atoms with van der Waals surface area (Å²) in [7, 11) is 0. The largest absolute Gasteiger partial charge is 0.480 e. The third-order valence-electron chi connectivity index (χ3n) is 3.26. The first-order valence-electron chi connectivity index (χ1n) is 6.44. The third-order valence-corrected chi connectivity index (χ3v) is 4.16. The number of nitrogens with zero attached hydrogens (tertiary/aromatic N) is 1. The molecular formula is C12H24N2O2S. The Balaban J connectivity index is 2.10. The van der Waals surface area contributed by atoms with E-state index in [-0.39, 0.29) is 6.54 Å². The van der Waals surface area contributed by atoms with E-state index in [1.54, 1.807) is 0 Å². The monoisotopic (exact) mass is 260 g/mol. The van der Waals surface area contributed by atoms with Gasteiger partial charge in [-0.2, -0.15) is 11.8 Å². The van der Waals surface area contributed by atoms with E-state index in [0.717, 1.165) is 25.9 Å². The molecule has 5 heteroatoms. The van der Waals surface area contributed by atoms with Gasteiger partial charge in [-0.25, -0.2) is 0 Å². The Morgan fingerprint density at radius 1 is 1.47 bits per heavy atom. The fraction of sp³-hybridized carbons (Fsp3) is 0.917. The van der Waals surface area contributed by atoms with Crippen molar-refractivity contribution in [3.8, 4) is 0 Å². The molecule has 100 valence electrons. The minimum absolute atomic E-state index is 0.180. The number of thioether (sulfide) groups is 1. The van der Waals surface area contributed by atoms with Gasteiger partial charge < -0.3 is 10.4 Å². The van der Waals surface area contributed by atoms with Crippen LogP contribution in [0.15, 0.2) is 0 Å². The Labute approximate surface area is 108 Å². The van der Waals surface area contributed by atoms with Gasteiger partial charge in [-0.05, 0) is 25.1 Å². The van der Waals surface area contributed by atoms with Crippen molar-refractivity contribution in [3.63, 3.8) is 0 Å². The quantitative estimate of drug-likeness (QED) is 0.611. The minimum atomic E-state index is -0.720. The van der Waals surface area contributed by atoms with Crippen LogP contribution in [-0.4, -0.2) is 59.2 Å². The molecule has 17 heavy (non-hydrogen) atoms. The zero-order chi connectivity index (χ0) is 12.7. The lowest BCUT2D eigenvalue weighted by molar-refractivity contribution is -0.139. The van der Waals surface area contributed by atoms with Crippen molar-refractivity contribution >= 4 is 17.7 Å². The zero-order valence-electron chi connectivity index (χ0n) is 10.8. The fourth-order valence-electron chi connectivity index (χ4n) is 2.21. The Morgan fingerprint density at radius 2 is 2.18 bits per heavy atom. The van der Waals surface area contributed by atoms with Gasteiger partial charge >= 0.3 is 5.97 Å². The predicted octanol–water partition coefficient (Wildman–Crippen LogP) is 1.27. The number of carboxylic acids is 1. The van der Waals surface area contributed by atoms with Gasteiger partial charge in [-0.15, -0.1) is 0 Å². The standard InChI is InChI=1S/C12H24N2O2S/c1-3-14(9-12(15)16)11-7-10(8-11)13-5-6-17-4-2/h10-11,13H,3-9H2,1-2H3,(H,15,16).